The Morgan fingerprint density at radius 3 is 2.37 bits per heavy atom. The van der Waals surface area contributed by atoms with E-state index in [0.717, 1.165) is 17.8 Å². The van der Waals surface area contributed by atoms with Crippen LogP contribution in [0.25, 0.3) is 0 Å². The first-order valence-electron chi connectivity index (χ1n) is 13.3. The van der Waals surface area contributed by atoms with E-state index in [1.807, 2.05) is 0 Å². The molecule has 1 nitrogen and oxygen atoms in total. The Kier molecular flexibility index (Phi) is 4.69. The Hall–Kier alpha value is -0.820. The van der Waals surface area contributed by atoms with Crippen molar-refractivity contribution >= 4 is 0 Å². The molecule has 3 fully saturated rings. The lowest BCUT2D eigenvalue weighted by Gasteiger charge is -2.59. The lowest BCUT2D eigenvalue weighted by atomic mass is 9.46. The molecular formula is C29H42O. The molecule has 0 aromatic rings. The first-order valence-corrected chi connectivity index (χ1v) is 13.3. The minimum atomic E-state index is -0.199. The molecule has 4 unspecified atom stereocenters. The number of aliphatic hydroxyl groups is 1. The predicted molar refractivity (Wildman–Crippen MR) is 124 cm³/mol. The summed E-state index contributed by atoms with van der Waals surface area (Å²) in [4.78, 5) is 0. The van der Waals surface area contributed by atoms with E-state index in [1.165, 1.54) is 83.5 Å². The normalized spacial score (nSPS) is 50.3. The smallest absolute Gasteiger partial charge is 0.0757 e. The van der Waals surface area contributed by atoms with Crippen molar-refractivity contribution in [3.63, 3.8) is 0 Å². The zero-order chi connectivity index (χ0) is 20.5. The summed E-state index contributed by atoms with van der Waals surface area (Å²) in [6.07, 6.45) is 24.8. The van der Waals surface area contributed by atoms with Crippen molar-refractivity contribution in [3.05, 3.63) is 34.9 Å². The molecule has 0 amide bonds. The second-order valence-corrected chi connectivity index (χ2v) is 12.3. The van der Waals surface area contributed by atoms with Crippen LogP contribution in [0.3, 0.4) is 0 Å². The highest BCUT2D eigenvalue weighted by atomic mass is 16.3. The molecule has 30 heavy (non-hydrogen) atoms. The van der Waals surface area contributed by atoms with Crippen LogP contribution in [-0.4, -0.2) is 11.2 Å². The van der Waals surface area contributed by atoms with Gasteiger partial charge in [0.15, 0.2) is 0 Å². The first-order chi connectivity index (χ1) is 14.5. The maximum absolute atomic E-state index is 11.5. The summed E-state index contributed by atoms with van der Waals surface area (Å²) in [6, 6.07) is 0. The second kappa shape index (κ2) is 7.09. The largest absolute Gasteiger partial charge is 0.389 e. The van der Waals surface area contributed by atoms with Crippen LogP contribution in [0.15, 0.2) is 34.9 Å². The minimum absolute atomic E-state index is 0.199. The summed E-state index contributed by atoms with van der Waals surface area (Å²) >= 11 is 0. The van der Waals surface area contributed by atoms with Gasteiger partial charge in [-0.3, -0.25) is 0 Å². The van der Waals surface area contributed by atoms with Crippen molar-refractivity contribution < 1.29 is 5.11 Å². The van der Waals surface area contributed by atoms with E-state index in [-0.39, 0.29) is 6.10 Å². The molecule has 1 heteroatoms. The molecule has 6 rings (SSSR count). The number of allylic oxidation sites excluding steroid dienone is 5. The van der Waals surface area contributed by atoms with Gasteiger partial charge in [0.05, 0.1) is 6.10 Å². The van der Waals surface area contributed by atoms with Crippen molar-refractivity contribution in [3.8, 4) is 0 Å². The van der Waals surface area contributed by atoms with Crippen molar-refractivity contribution in [1.29, 1.82) is 0 Å². The molecule has 6 aliphatic rings. The van der Waals surface area contributed by atoms with Gasteiger partial charge in [-0.05, 0) is 124 Å². The molecule has 8 atom stereocenters. The molecule has 0 aromatic heterocycles. The van der Waals surface area contributed by atoms with Gasteiger partial charge >= 0.3 is 0 Å². The molecule has 0 aliphatic heterocycles. The van der Waals surface area contributed by atoms with Gasteiger partial charge in [0, 0.05) is 0 Å². The fourth-order valence-electron chi connectivity index (χ4n) is 9.65. The van der Waals surface area contributed by atoms with Gasteiger partial charge in [-0.2, -0.15) is 0 Å². The average molecular weight is 407 g/mol. The van der Waals surface area contributed by atoms with Crippen LogP contribution in [0.2, 0.25) is 0 Å². The molecule has 3 saturated carbocycles. The minimum Gasteiger partial charge on any atom is -0.389 e. The van der Waals surface area contributed by atoms with Gasteiger partial charge in [0.1, 0.15) is 0 Å². The first kappa shape index (κ1) is 19.8. The molecule has 0 radical (unpaired) electrons. The zero-order valence-electron chi connectivity index (χ0n) is 19.3. The third-order valence-electron chi connectivity index (χ3n) is 11.3. The fourth-order valence-corrected chi connectivity index (χ4v) is 9.65. The van der Waals surface area contributed by atoms with E-state index in [0.29, 0.717) is 22.7 Å². The lowest BCUT2D eigenvalue weighted by molar-refractivity contribution is -0.0854. The van der Waals surface area contributed by atoms with Crippen molar-refractivity contribution in [2.75, 3.05) is 0 Å². The quantitative estimate of drug-likeness (QED) is 0.474. The number of fused-ring (bicyclic) bond motifs is 5. The number of aliphatic hydroxyl groups excluding tert-OH is 1. The summed E-state index contributed by atoms with van der Waals surface area (Å²) in [5.74, 6) is 3.52. The SMILES string of the molecule is C[C@]12CC[C@H](C3=CCCC3)CC1=CC(O)C1C2CC[C@@]2(C)C1CC[C@@H]2C1=CCCC1. The molecule has 6 aliphatic carbocycles. The summed E-state index contributed by atoms with van der Waals surface area (Å²) in [5.41, 5.74) is 5.96. The van der Waals surface area contributed by atoms with Gasteiger partial charge in [-0.1, -0.05) is 48.8 Å². The van der Waals surface area contributed by atoms with E-state index < -0.39 is 0 Å². The van der Waals surface area contributed by atoms with Gasteiger partial charge in [0.2, 0.25) is 0 Å². The van der Waals surface area contributed by atoms with Gasteiger partial charge in [0.25, 0.3) is 0 Å². The zero-order valence-corrected chi connectivity index (χ0v) is 19.3. The third-order valence-corrected chi connectivity index (χ3v) is 11.3. The molecule has 1 N–H and O–H groups in total. The fraction of sp³-hybridized carbons (Fsp3) is 0.793. The van der Waals surface area contributed by atoms with Crippen LogP contribution in [-0.2, 0) is 0 Å². The standard InChI is InChI=1S/C29H42O/c1-28-15-13-21(19-7-3-4-8-19)17-22(28)18-26(30)27-24-12-11-23(20-9-5-6-10-20)29(24,2)16-14-25(27)28/h7,9,18,21,23-27,30H,3-6,8,10-17H2,1-2H3/t21-,23+,24?,25?,26?,27?,28-,29+/m0/s1. The van der Waals surface area contributed by atoms with E-state index >= 15 is 0 Å². The van der Waals surface area contributed by atoms with Crippen LogP contribution in [0.5, 0.6) is 0 Å². The van der Waals surface area contributed by atoms with E-state index in [2.05, 4.69) is 32.1 Å². The van der Waals surface area contributed by atoms with Crippen LogP contribution >= 0.6 is 0 Å². The topological polar surface area (TPSA) is 20.2 Å². The maximum atomic E-state index is 11.5. The predicted octanol–water partition coefficient (Wildman–Crippen LogP) is 7.37. The molecule has 0 heterocycles. The lowest BCUT2D eigenvalue weighted by Crippen LogP contribution is -2.54. The third kappa shape index (κ3) is 2.76. The monoisotopic (exact) mass is 406 g/mol. The summed E-state index contributed by atoms with van der Waals surface area (Å²) in [6.45, 7) is 5.21. The van der Waals surface area contributed by atoms with Crippen molar-refractivity contribution in [1.82, 2.24) is 0 Å². The molecule has 164 valence electrons. The van der Waals surface area contributed by atoms with Crippen LogP contribution in [0.1, 0.15) is 97.3 Å². The highest BCUT2D eigenvalue weighted by Gasteiger charge is 2.61. The molecule has 0 bridgehead atoms. The Labute approximate surface area is 184 Å². The second-order valence-electron chi connectivity index (χ2n) is 12.3. The van der Waals surface area contributed by atoms with Gasteiger partial charge < -0.3 is 5.11 Å². The molecule has 0 spiro atoms. The van der Waals surface area contributed by atoms with Crippen LogP contribution < -0.4 is 0 Å². The Bertz CT molecular complexity index is 801. The molecule has 0 aromatic carbocycles. The average Bonchev–Trinajstić information content (AvgIpc) is 3.48. The highest BCUT2D eigenvalue weighted by molar-refractivity contribution is 5.31. The van der Waals surface area contributed by atoms with Gasteiger partial charge in [-0.15, -0.1) is 0 Å². The highest BCUT2D eigenvalue weighted by Crippen LogP contribution is 2.68. The van der Waals surface area contributed by atoms with Crippen LogP contribution in [0, 0.1) is 40.4 Å². The van der Waals surface area contributed by atoms with Gasteiger partial charge in [-0.25, -0.2) is 0 Å². The molecular weight excluding hydrogens is 364 g/mol. The summed E-state index contributed by atoms with van der Waals surface area (Å²) < 4.78 is 0. The van der Waals surface area contributed by atoms with E-state index in [1.54, 1.807) is 16.7 Å². The molecule has 0 saturated heterocycles. The Morgan fingerprint density at radius 1 is 0.867 bits per heavy atom. The van der Waals surface area contributed by atoms with E-state index in [9.17, 15) is 5.11 Å². The number of hydrogen-bond acceptors (Lipinski definition) is 1. The number of rotatable bonds is 2. The summed E-state index contributed by atoms with van der Waals surface area (Å²) in [7, 11) is 0. The van der Waals surface area contributed by atoms with Crippen molar-refractivity contribution in [2.45, 2.75) is 103 Å². The van der Waals surface area contributed by atoms with E-state index in [4.69, 9.17) is 0 Å². The Balaban J connectivity index is 1.30. The maximum Gasteiger partial charge on any atom is 0.0757 e. The van der Waals surface area contributed by atoms with Crippen molar-refractivity contribution in [2.24, 2.45) is 40.4 Å². The summed E-state index contributed by atoms with van der Waals surface area (Å²) in [5, 5.41) is 11.5. The Morgan fingerprint density at radius 2 is 1.63 bits per heavy atom. The number of hydrogen-bond donors (Lipinski definition) is 1. The van der Waals surface area contributed by atoms with Crippen LogP contribution in [0.4, 0.5) is 0 Å².